The van der Waals surface area contributed by atoms with E-state index in [0.29, 0.717) is 0 Å². The molecule has 0 aromatic heterocycles. The first-order chi connectivity index (χ1) is 4.47. The van der Waals surface area contributed by atoms with Gasteiger partial charge in [0.2, 0.25) is 0 Å². The monoisotopic (exact) mass is 161 g/mol. The fourth-order valence-corrected chi connectivity index (χ4v) is 2.21. The van der Waals surface area contributed by atoms with Crippen molar-refractivity contribution in [2.75, 3.05) is 13.1 Å². The standard InChI is InChI=1S/C8H15N.ClH/c1-2-6-9-7-3-5-8(9)4-1;/h8H,1-7H2;1H/t8-;/m0./s1. The molecule has 0 saturated carbocycles. The van der Waals surface area contributed by atoms with Gasteiger partial charge in [-0.05, 0) is 38.8 Å². The molecule has 0 N–H and O–H groups in total. The van der Waals surface area contributed by atoms with Crippen LogP contribution < -0.4 is 0 Å². The predicted octanol–water partition coefficient (Wildman–Crippen LogP) is 2.06. The lowest BCUT2D eigenvalue weighted by Crippen LogP contribution is -2.33. The zero-order valence-corrected chi connectivity index (χ0v) is 7.20. The van der Waals surface area contributed by atoms with E-state index < -0.39 is 0 Å². The summed E-state index contributed by atoms with van der Waals surface area (Å²) in [7, 11) is 0. The van der Waals surface area contributed by atoms with E-state index in [-0.39, 0.29) is 12.4 Å². The molecule has 2 fully saturated rings. The van der Waals surface area contributed by atoms with Gasteiger partial charge >= 0.3 is 0 Å². The zero-order valence-electron chi connectivity index (χ0n) is 6.38. The Kier molecular flexibility index (Phi) is 2.99. The summed E-state index contributed by atoms with van der Waals surface area (Å²) in [5.74, 6) is 0. The number of rotatable bonds is 0. The van der Waals surface area contributed by atoms with Gasteiger partial charge in [-0.1, -0.05) is 6.42 Å². The van der Waals surface area contributed by atoms with Gasteiger partial charge < -0.3 is 4.90 Å². The van der Waals surface area contributed by atoms with Gasteiger partial charge in [-0.25, -0.2) is 0 Å². The summed E-state index contributed by atoms with van der Waals surface area (Å²) >= 11 is 0. The van der Waals surface area contributed by atoms with E-state index in [0.717, 1.165) is 6.04 Å². The minimum Gasteiger partial charge on any atom is -0.300 e. The third kappa shape index (κ3) is 1.46. The lowest BCUT2D eigenvalue weighted by molar-refractivity contribution is 0.198. The van der Waals surface area contributed by atoms with E-state index in [1.165, 1.54) is 45.2 Å². The van der Waals surface area contributed by atoms with Gasteiger partial charge in [0.15, 0.2) is 0 Å². The number of halogens is 1. The minimum absolute atomic E-state index is 0. The molecule has 0 amide bonds. The maximum absolute atomic E-state index is 2.67. The molecule has 2 heterocycles. The third-order valence-electron chi connectivity index (χ3n) is 2.73. The molecule has 2 aliphatic heterocycles. The largest absolute Gasteiger partial charge is 0.300 e. The quantitative estimate of drug-likeness (QED) is 0.526. The van der Waals surface area contributed by atoms with Gasteiger partial charge in [-0.15, -0.1) is 12.4 Å². The van der Waals surface area contributed by atoms with Gasteiger partial charge in [0, 0.05) is 6.04 Å². The molecule has 2 rings (SSSR count). The molecule has 0 radical (unpaired) electrons. The Balaban J connectivity index is 0.000000500. The average Bonchev–Trinajstić information content (AvgIpc) is 2.33. The van der Waals surface area contributed by atoms with Crippen molar-refractivity contribution in [3.8, 4) is 0 Å². The molecule has 0 aromatic rings. The van der Waals surface area contributed by atoms with Crippen molar-refractivity contribution in [3.63, 3.8) is 0 Å². The Hall–Kier alpha value is 0.250. The molecule has 10 heavy (non-hydrogen) atoms. The highest BCUT2D eigenvalue weighted by molar-refractivity contribution is 5.85. The Bertz CT molecular complexity index is 93.4. The van der Waals surface area contributed by atoms with Crippen LogP contribution in [-0.4, -0.2) is 24.0 Å². The zero-order chi connectivity index (χ0) is 6.10. The first-order valence-electron chi connectivity index (χ1n) is 4.21. The van der Waals surface area contributed by atoms with Crippen molar-refractivity contribution < 1.29 is 0 Å². The lowest BCUT2D eigenvalue weighted by Gasteiger charge is -2.28. The molecule has 0 aromatic carbocycles. The lowest BCUT2D eigenvalue weighted by atomic mass is 10.0. The molecule has 2 saturated heterocycles. The van der Waals surface area contributed by atoms with Crippen molar-refractivity contribution >= 4 is 12.4 Å². The topological polar surface area (TPSA) is 3.24 Å². The summed E-state index contributed by atoms with van der Waals surface area (Å²) in [6.45, 7) is 2.79. The fraction of sp³-hybridized carbons (Fsp3) is 1.00. The van der Waals surface area contributed by atoms with Crippen molar-refractivity contribution in [1.82, 2.24) is 4.90 Å². The molecular formula is C8H16ClN. The first kappa shape index (κ1) is 8.35. The van der Waals surface area contributed by atoms with Crippen LogP contribution in [0.2, 0.25) is 0 Å². The molecule has 2 aliphatic rings. The average molecular weight is 162 g/mol. The van der Waals surface area contributed by atoms with Gasteiger partial charge in [-0.2, -0.15) is 0 Å². The van der Waals surface area contributed by atoms with E-state index in [4.69, 9.17) is 0 Å². The highest BCUT2D eigenvalue weighted by Crippen LogP contribution is 2.25. The van der Waals surface area contributed by atoms with Crippen LogP contribution in [0.25, 0.3) is 0 Å². The van der Waals surface area contributed by atoms with Gasteiger partial charge in [0.25, 0.3) is 0 Å². The van der Waals surface area contributed by atoms with E-state index in [2.05, 4.69) is 4.90 Å². The van der Waals surface area contributed by atoms with Crippen molar-refractivity contribution in [1.29, 1.82) is 0 Å². The second-order valence-corrected chi connectivity index (χ2v) is 3.33. The molecule has 60 valence electrons. The number of hydrogen-bond donors (Lipinski definition) is 0. The smallest absolute Gasteiger partial charge is 0.00957 e. The summed E-state index contributed by atoms with van der Waals surface area (Å²) in [5.41, 5.74) is 0. The molecule has 0 unspecified atom stereocenters. The summed E-state index contributed by atoms with van der Waals surface area (Å²) < 4.78 is 0. The molecule has 2 heteroatoms. The molecule has 1 nitrogen and oxygen atoms in total. The molecular weight excluding hydrogens is 146 g/mol. The second kappa shape index (κ2) is 3.59. The fourth-order valence-electron chi connectivity index (χ4n) is 2.21. The number of hydrogen-bond acceptors (Lipinski definition) is 1. The Morgan fingerprint density at radius 2 is 1.60 bits per heavy atom. The number of fused-ring (bicyclic) bond motifs is 1. The van der Waals surface area contributed by atoms with Crippen LogP contribution in [0.15, 0.2) is 0 Å². The van der Waals surface area contributed by atoms with Gasteiger partial charge in [0.05, 0.1) is 0 Å². The van der Waals surface area contributed by atoms with Gasteiger partial charge in [-0.3, -0.25) is 0 Å². The van der Waals surface area contributed by atoms with Crippen LogP contribution in [0.3, 0.4) is 0 Å². The van der Waals surface area contributed by atoms with E-state index in [9.17, 15) is 0 Å². The predicted molar refractivity (Wildman–Crippen MR) is 45.7 cm³/mol. The highest BCUT2D eigenvalue weighted by Gasteiger charge is 2.25. The van der Waals surface area contributed by atoms with Crippen molar-refractivity contribution in [2.45, 2.75) is 38.1 Å². The Morgan fingerprint density at radius 1 is 0.900 bits per heavy atom. The highest BCUT2D eigenvalue weighted by atomic mass is 35.5. The number of nitrogens with zero attached hydrogens (tertiary/aromatic N) is 1. The first-order valence-corrected chi connectivity index (χ1v) is 4.21. The summed E-state index contributed by atoms with van der Waals surface area (Å²) in [6.07, 6.45) is 7.38. The summed E-state index contributed by atoms with van der Waals surface area (Å²) in [4.78, 5) is 2.67. The second-order valence-electron chi connectivity index (χ2n) is 3.33. The summed E-state index contributed by atoms with van der Waals surface area (Å²) in [5, 5.41) is 0. The maximum Gasteiger partial charge on any atom is 0.00957 e. The van der Waals surface area contributed by atoms with Crippen LogP contribution in [0, 0.1) is 0 Å². The number of piperidine rings is 1. The van der Waals surface area contributed by atoms with Crippen molar-refractivity contribution in [2.24, 2.45) is 0 Å². The van der Waals surface area contributed by atoms with Crippen LogP contribution in [0.1, 0.15) is 32.1 Å². The molecule has 1 atom stereocenters. The van der Waals surface area contributed by atoms with E-state index in [1.807, 2.05) is 0 Å². The van der Waals surface area contributed by atoms with Crippen LogP contribution in [0.4, 0.5) is 0 Å². The van der Waals surface area contributed by atoms with Crippen molar-refractivity contribution in [3.05, 3.63) is 0 Å². The molecule has 0 spiro atoms. The Morgan fingerprint density at radius 3 is 2.40 bits per heavy atom. The Labute approximate surface area is 69.2 Å². The van der Waals surface area contributed by atoms with Crippen LogP contribution in [0.5, 0.6) is 0 Å². The maximum atomic E-state index is 2.67. The van der Waals surface area contributed by atoms with E-state index >= 15 is 0 Å². The van der Waals surface area contributed by atoms with Crippen LogP contribution >= 0.6 is 12.4 Å². The third-order valence-corrected chi connectivity index (χ3v) is 2.73. The van der Waals surface area contributed by atoms with Crippen LogP contribution in [-0.2, 0) is 0 Å². The minimum atomic E-state index is 0. The molecule has 0 aliphatic carbocycles. The molecule has 0 bridgehead atoms. The summed E-state index contributed by atoms with van der Waals surface area (Å²) in [6, 6.07) is 0.999. The van der Waals surface area contributed by atoms with Gasteiger partial charge in [0.1, 0.15) is 0 Å². The SMILES string of the molecule is C1CCN2CCC[C@@H]2C1.Cl. The normalized spacial score (nSPS) is 33.0. The van der Waals surface area contributed by atoms with E-state index in [1.54, 1.807) is 0 Å².